The number of rotatable bonds is 7. The van der Waals surface area contributed by atoms with E-state index in [9.17, 15) is 9.59 Å². The Morgan fingerprint density at radius 1 is 0.647 bits per heavy atom. The number of allylic oxidation sites excluding steroid dienone is 4. The molecule has 0 saturated carbocycles. The van der Waals surface area contributed by atoms with Gasteiger partial charge in [-0.15, -0.1) is 0 Å². The number of hydrogen-bond donors (Lipinski definition) is 0. The number of fused-ring (bicyclic) bond motifs is 2. The molecule has 2 aliphatic rings. The number of aryl methyl sites for hydroxylation is 2. The van der Waals surface area contributed by atoms with Crippen molar-refractivity contribution in [1.29, 1.82) is 0 Å². The summed E-state index contributed by atoms with van der Waals surface area (Å²) in [5.74, 6) is 1.05. The van der Waals surface area contributed by atoms with E-state index >= 15 is 0 Å². The zero-order valence-electron chi connectivity index (χ0n) is 19.7. The van der Waals surface area contributed by atoms with Gasteiger partial charge in [0.2, 0.25) is 0 Å². The Balaban J connectivity index is 1.87. The zero-order valence-corrected chi connectivity index (χ0v) is 19.7. The standard InChI is InChI=1S/C28H30O6/c1-3-17-31-27(29)33-23-15-13-19-9-5-7-11-21(19)25(23)26-22-12-8-6-10-20(22)14-16-24(26)34-28(30)32-18-4-2/h5-12H,3-4,13-18H2,1-2H3. The molecule has 0 atom stereocenters. The molecule has 0 radical (unpaired) electrons. The van der Waals surface area contributed by atoms with Gasteiger partial charge < -0.3 is 18.9 Å². The van der Waals surface area contributed by atoms with Gasteiger partial charge in [-0.3, -0.25) is 0 Å². The number of hydrogen-bond acceptors (Lipinski definition) is 6. The molecule has 6 heteroatoms. The van der Waals surface area contributed by atoms with Crippen LogP contribution in [0.2, 0.25) is 0 Å². The molecule has 4 rings (SSSR count). The van der Waals surface area contributed by atoms with E-state index in [1.807, 2.05) is 50.2 Å². The third-order valence-corrected chi connectivity index (χ3v) is 5.89. The molecule has 0 amide bonds. The van der Waals surface area contributed by atoms with Crippen molar-refractivity contribution in [3.05, 3.63) is 82.3 Å². The smallest absolute Gasteiger partial charge is 0.434 e. The quantitative estimate of drug-likeness (QED) is 0.420. The van der Waals surface area contributed by atoms with Gasteiger partial charge in [0.1, 0.15) is 11.5 Å². The first kappa shape index (κ1) is 23.6. The lowest BCUT2D eigenvalue weighted by Gasteiger charge is -2.29. The van der Waals surface area contributed by atoms with Crippen molar-refractivity contribution >= 4 is 23.5 Å². The average molecular weight is 463 g/mol. The molecular formula is C28H30O6. The van der Waals surface area contributed by atoms with Crippen LogP contribution in [0.25, 0.3) is 11.1 Å². The van der Waals surface area contributed by atoms with E-state index in [1.165, 1.54) is 0 Å². The number of carbonyl (C=O) groups is 2. The molecule has 0 saturated heterocycles. The summed E-state index contributed by atoms with van der Waals surface area (Å²) in [6.45, 7) is 4.45. The van der Waals surface area contributed by atoms with Crippen molar-refractivity contribution in [2.75, 3.05) is 13.2 Å². The fraction of sp³-hybridized carbons (Fsp3) is 0.357. The van der Waals surface area contributed by atoms with Crippen LogP contribution in [0.3, 0.4) is 0 Å². The van der Waals surface area contributed by atoms with Crippen LogP contribution in [0.4, 0.5) is 9.59 Å². The predicted octanol–water partition coefficient (Wildman–Crippen LogP) is 6.83. The van der Waals surface area contributed by atoms with Crippen LogP contribution in [0.15, 0.2) is 60.0 Å². The monoisotopic (exact) mass is 462 g/mol. The molecule has 34 heavy (non-hydrogen) atoms. The van der Waals surface area contributed by atoms with Crippen molar-refractivity contribution < 1.29 is 28.5 Å². The van der Waals surface area contributed by atoms with Gasteiger partial charge in [-0.25, -0.2) is 9.59 Å². The molecule has 0 spiro atoms. The van der Waals surface area contributed by atoms with Crippen LogP contribution in [-0.4, -0.2) is 25.5 Å². The Bertz CT molecular complexity index is 1040. The molecule has 6 nitrogen and oxygen atoms in total. The molecule has 178 valence electrons. The number of benzene rings is 2. The highest BCUT2D eigenvalue weighted by Gasteiger charge is 2.32. The van der Waals surface area contributed by atoms with E-state index in [-0.39, 0.29) is 0 Å². The fourth-order valence-corrected chi connectivity index (χ4v) is 4.39. The Labute approximate surface area is 200 Å². The minimum atomic E-state index is -0.719. The van der Waals surface area contributed by atoms with Gasteiger partial charge in [0, 0.05) is 24.0 Å². The third kappa shape index (κ3) is 5.16. The Morgan fingerprint density at radius 2 is 1.06 bits per heavy atom. The third-order valence-electron chi connectivity index (χ3n) is 5.89. The molecule has 2 aromatic rings. The van der Waals surface area contributed by atoms with Gasteiger partial charge in [0.05, 0.1) is 13.2 Å². The van der Waals surface area contributed by atoms with E-state index in [0.29, 0.717) is 50.4 Å². The summed E-state index contributed by atoms with van der Waals surface area (Å²) < 4.78 is 21.9. The summed E-state index contributed by atoms with van der Waals surface area (Å²) in [6, 6.07) is 16.1. The van der Waals surface area contributed by atoms with E-state index < -0.39 is 12.3 Å². The largest absolute Gasteiger partial charge is 0.513 e. The maximum atomic E-state index is 12.4. The predicted molar refractivity (Wildman–Crippen MR) is 129 cm³/mol. The molecule has 0 aliphatic heterocycles. The zero-order chi connectivity index (χ0) is 23.9. The second-order valence-corrected chi connectivity index (χ2v) is 8.31. The van der Waals surface area contributed by atoms with Gasteiger partial charge in [-0.2, -0.15) is 0 Å². The summed E-state index contributed by atoms with van der Waals surface area (Å²) in [6.07, 6.45) is 2.52. The van der Waals surface area contributed by atoms with Gasteiger partial charge in [0.25, 0.3) is 0 Å². The van der Waals surface area contributed by atoms with Gasteiger partial charge in [-0.1, -0.05) is 62.4 Å². The van der Waals surface area contributed by atoms with Crippen LogP contribution in [0.5, 0.6) is 0 Å². The van der Waals surface area contributed by atoms with Crippen LogP contribution in [0.1, 0.15) is 61.8 Å². The minimum absolute atomic E-state index is 0.293. The summed E-state index contributed by atoms with van der Waals surface area (Å²) in [5.41, 5.74) is 5.75. The highest BCUT2D eigenvalue weighted by Crippen LogP contribution is 2.46. The molecular weight excluding hydrogens is 432 g/mol. The summed E-state index contributed by atoms with van der Waals surface area (Å²) in [4.78, 5) is 24.9. The Hall–Kier alpha value is -3.54. The summed E-state index contributed by atoms with van der Waals surface area (Å²) in [5, 5.41) is 0. The van der Waals surface area contributed by atoms with Crippen molar-refractivity contribution in [3.63, 3.8) is 0 Å². The van der Waals surface area contributed by atoms with Gasteiger partial charge >= 0.3 is 12.3 Å². The van der Waals surface area contributed by atoms with Crippen molar-refractivity contribution in [2.24, 2.45) is 0 Å². The average Bonchev–Trinajstić information content (AvgIpc) is 2.86. The first-order valence-corrected chi connectivity index (χ1v) is 11.9. The molecule has 0 aromatic heterocycles. The number of ether oxygens (including phenoxy) is 4. The number of carbonyl (C=O) groups excluding carboxylic acids is 2. The maximum Gasteiger partial charge on any atom is 0.513 e. The van der Waals surface area contributed by atoms with Crippen molar-refractivity contribution in [1.82, 2.24) is 0 Å². The topological polar surface area (TPSA) is 71.1 Å². The fourth-order valence-electron chi connectivity index (χ4n) is 4.39. The van der Waals surface area contributed by atoms with E-state index in [2.05, 4.69) is 12.1 Å². The molecule has 0 unspecified atom stereocenters. The highest BCUT2D eigenvalue weighted by atomic mass is 16.7. The molecule has 0 bridgehead atoms. The van der Waals surface area contributed by atoms with E-state index in [4.69, 9.17) is 18.9 Å². The first-order chi connectivity index (χ1) is 16.6. The molecule has 0 heterocycles. The molecule has 2 aliphatic carbocycles. The molecule has 0 N–H and O–H groups in total. The minimum Gasteiger partial charge on any atom is -0.434 e. The molecule has 0 fully saturated rings. The lowest BCUT2D eigenvalue weighted by molar-refractivity contribution is 0.0736. The van der Waals surface area contributed by atoms with Gasteiger partial charge in [-0.05, 0) is 47.9 Å². The second kappa shape index (κ2) is 11.1. The Morgan fingerprint density at radius 3 is 1.47 bits per heavy atom. The Kier molecular flexibility index (Phi) is 7.68. The lowest BCUT2D eigenvalue weighted by Crippen LogP contribution is -2.18. The SMILES string of the molecule is CCCOC(=O)OC1=C(C2=C(OC(=O)OCCC)CCc3ccccc32)c2ccccc2CC1. The van der Waals surface area contributed by atoms with Crippen LogP contribution < -0.4 is 0 Å². The van der Waals surface area contributed by atoms with E-state index in [1.54, 1.807) is 0 Å². The van der Waals surface area contributed by atoms with Crippen LogP contribution in [-0.2, 0) is 31.8 Å². The van der Waals surface area contributed by atoms with Crippen molar-refractivity contribution in [2.45, 2.75) is 52.4 Å². The first-order valence-electron chi connectivity index (χ1n) is 11.9. The summed E-state index contributed by atoms with van der Waals surface area (Å²) in [7, 11) is 0. The van der Waals surface area contributed by atoms with Gasteiger partial charge in [0.15, 0.2) is 0 Å². The normalized spacial score (nSPS) is 14.8. The summed E-state index contributed by atoms with van der Waals surface area (Å²) >= 11 is 0. The van der Waals surface area contributed by atoms with Crippen LogP contribution in [0, 0.1) is 0 Å². The van der Waals surface area contributed by atoms with Crippen molar-refractivity contribution in [3.8, 4) is 0 Å². The molecule has 2 aromatic carbocycles. The lowest BCUT2D eigenvalue weighted by atomic mass is 9.78. The van der Waals surface area contributed by atoms with Crippen LogP contribution >= 0.6 is 0 Å². The maximum absolute atomic E-state index is 12.4. The second-order valence-electron chi connectivity index (χ2n) is 8.31. The van der Waals surface area contributed by atoms with E-state index in [0.717, 1.165) is 46.2 Å². The highest BCUT2D eigenvalue weighted by molar-refractivity contribution is 6.09.